The maximum absolute atomic E-state index is 13.1. The molecule has 1 aliphatic heterocycles. The second kappa shape index (κ2) is 10.0. The van der Waals surface area contributed by atoms with Crippen LogP contribution in [-0.2, 0) is 18.3 Å². The first-order valence-corrected chi connectivity index (χ1v) is 12.5. The molecule has 0 unspecified atom stereocenters. The first-order valence-electron chi connectivity index (χ1n) is 12.5. The molecule has 182 valence electrons. The molecule has 0 radical (unpaired) electrons. The number of nitrogens with zero attached hydrogens (tertiary/aromatic N) is 4. The molecular formula is C28H33N5O2. The topological polar surface area (TPSA) is 72.2 Å². The largest absolute Gasteiger partial charge is 0.353 e. The lowest BCUT2D eigenvalue weighted by atomic mass is 9.90. The number of nitrogens with one attached hydrogen (secondary N) is 1. The summed E-state index contributed by atoms with van der Waals surface area (Å²) < 4.78 is 3.18. The molecule has 1 atom stereocenters. The lowest BCUT2D eigenvalue weighted by molar-refractivity contribution is -0.123. The van der Waals surface area contributed by atoms with E-state index in [4.69, 9.17) is 0 Å². The molecule has 3 heterocycles. The molecule has 0 saturated carbocycles. The molecular weight excluding hydrogens is 438 g/mol. The zero-order valence-electron chi connectivity index (χ0n) is 20.5. The molecule has 1 saturated heterocycles. The van der Waals surface area contributed by atoms with Crippen molar-refractivity contribution in [3.8, 4) is 0 Å². The van der Waals surface area contributed by atoms with Gasteiger partial charge in [-0.15, -0.1) is 0 Å². The first kappa shape index (κ1) is 23.3. The molecule has 7 heteroatoms. The van der Waals surface area contributed by atoms with E-state index in [0.29, 0.717) is 12.1 Å². The van der Waals surface area contributed by atoms with Crippen LogP contribution in [0.1, 0.15) is 31.4 Å². The summed E-state index contributed by atoms with van der Waals surface area (Å²) in [6.45, 7) is 5.44. The number of aryl methyl sites for hydroxylation is 1. The highest BCUT2D eigenvalue weighted by molar-refractivity contribution is 6.08. The van der Waals surface area contributed by atoms with Crippen molar-refractivity contribution in [2.45, 2.75) is 32.2 Å². The van der Waals surface area contributed by atoms with Gasteiger partial charge in [0.05, 0.1) is 11.7 Å². The monoisotopic (exact) mass is 471 g/mol. The molecule has 35 heavy (non-hydrogen) atoms. The van der Waals surface area contributed by atoms with Crippen molar-refractivity contribution in [3.05, 3.63) is 76.7 Å². The summed E-state index contributed by atoms with van der Waals surface area (Å²) in [5, 5.41) is 9.01. The number of carbonyl (C=O) groups is 1. The van der Waals surface area contributed by atoms with Gasteiger partial charge in [-0.05, 0) is 56.8 Å². The standard InChI is InChI=1S/C28H33N5O2/c1-20(33-25-11-7-6-10-23(25)24-19-30-31(2)28(35)26(24)33)27(34)29-14-17-32-15-12-22(13-16-32)18-21-8-4-3-5-9-21/h3-11,19-20,22H,12-18H2,1-2H3,(H,29,34)/t20-/m0/s1. The van der Waals surface area contributed by atoms with Gasteiger partial charge in [-0.25, -0.2) is 4.68 Å². The van der Waals surface area contributed by atoms with Crippen LogP contribution in [0.2, 0.25) is 0 Å². The van der Waals surface area contributed by atoms with Crippen LogP contribution >= 0.6 is 0 Å². The molecule has 1 fully saturated rings. The number of rotatable bonds is 7. The quantitative estimate of drug-likeness (QED) is 0.448. The summed E-state index contributed by atoms with van der Waals surface area (Å²) >= 11 is 0. The lowest BCUT2D eigenvalue weighted by Crippen LogP contribution is -2.41. The van der Waals surface area contributed by atoms with Gasteiger partial charge < -0.3 is 14.8 Å². The minimum atomic E-state index is -0.510. The average Bonchev–Trinajstić information content (AvgIpc) is 3.22. The summed E-state index contributed by atoms with van der Waals surface area (Å²) in [7, 11) is 1.64. The van der Waals surface area contributed by atoms with Gasteiger partial charge in [0, 0.05) is 30.9 Å². The number of likely N-dealkylation sites (tertiary alicyclic amines) is 1. The fraction of sp³-hybridized carbons (Fsp3) is 0.393. The maximum atomic E-state index is 13.1. The van der Waals surface area contributed by atoms with Crippen molar-refractivity contribution in [2.75, 3.05) is 26.2 Å². The molecule has 7 nitrogen and oxygen atoms in total. The average molecular weight is 472 g/mol. The summed E-state index contributed by atoms with van der Waals surface area (Å²) in [5.74, 6) is 0.654. The molecule has 1 N–H and O–H groups in total. The normalized spacial score (nSPS) is 16.1. The molecule has 1 amide bonds. The van der Waals surface area contributed by atoms with Gasteiger partial charge in [-0.1, -0.05) is 48.5 Å². The van der Waals surface area contributed by atoms with Crippen molar-refractivity contribution >= 4 is 27.7 Å². The van der Waals surface area contributed by atoms with E-state index in [-0.39, 0.29) is 11.5 Å². The Bertz CT molecular complexity index is 1380. The van der Waals surface area contributed by atoms with E-state index in [0.717, 1.165) is 48.3 Å². The van der Waals surface area contributed by atoms with E-state index < -0.39 is 6.04 Å². The van der Waals surface area contributed by atoms with Gasteiger partial charge in [0.15, 0.2) is 0 Å². The van der Waals surface area contributed by atoms with Crippen molar-refractivity contribution in [3.63, 3.8) is 0 Å². The van der Waals surface area contributed by atoms with Crippen LogP contribution in [0.15, 0.2) is 65.6 Å². The zero-order chi connectivity index (χ0) is 24.4. The second-order valence-corrected chi connectivity index (χ2v) is 9.66. The predicted molar refractivity (Wildman–Crippen MR) is 140 cm³/mol. The summed E-state index contributed by atoms with van der Waals surface area (Å²) in [6, 6.07) is 18.0. The molecule has 0 spiro atoms. The molecule has 1 aliphatic rings. The maximum Gasteiger partial charge on any atom is 0.291 e. The molecule has 2 aromatic carbocycles. The highest BCUT2D eigenvalue weighted by Crippen LogP contribution is 2.29. The summed E-state index contributed by atoms with van der Waals surface area (Å²) in [5.41, 5.74) is 2.61. The van der Waals surface area contributed by atoms with E-state index in [1.54, 1.807) is 13.2 Å². The number of hydrogen-bond acceptors (Lipinski definition) is 4. The van der Waals surface area contributed by atoms with Crippen molar-refractivity contribution in [1.82, 2.24) is 24.6 Å². The minimum absolute atomic E-state index is 0.0783. The summed E-state index contributed by atoms with van der Waals surface area (Å²) in [4.78, 5) is 28.5. The van der Waals surface area contributed by atoms with Crippen LogP contribution in [0.25, 0.3) is 21.8 Å². The number of piperidine rings is 1. The van der Waals surface area contributed by atoms with Crippen LogP contribution in [-0.4, -0.2) is 51.3 Å². The minimum Gasteiger partial charge on any atom is -0.353 e. The lowest BCUT2D eigenvalue weighted by Gasteiger charge is -2.32. The smallest absolute Gasteiger partial charge is 0.291 e. The zero-order valence-corrected chi connectivity index (χ0v) is 20.5. The van der Waals surface area contributed by atoms with E-state index >= 15 is 0 Å². The molecule has 2 aromatic heterocycles. The number of fused-ring (bicyclic) bond motifs is 3. The van der Waals surface area contributed by atoms with E-state index in [1.807, 2.05) is 35.8 Å². The van der Waals surface area contributed by atoms with E-state index in [2.05, 4.69) is 45.6 Å². The van der Waals surface area contributed by atoms with Crippen molar-refractivity contribution in [2.24, 2.45) is 13.0 Å². The first-order chi connectivity index (χ1) is 17.0. The van der Waals surface area contributed by atoms with Gasteiger partial charge in [0.25, 0.3) is 5.56 Å². The Balaban J connectivity index is 1.21. The molecule has 0 bridgehead atoms. The highest BCUT2D eigenvalue weighted by atomic mass is 16.2. The van der Waals surface area contributed by atoms with Crippen molar-refractivity contribution < 1.29 is 4.79 Å². The highest BCUT2D eigenvalue weighted by Gasteiger charge is 2.24. The third kappa shape index (κ3) is 4.73. The molecule has 5 rings (SSSR count). The van der Waals surface area contributed by atoms with E-state index in [9.17, 15) is 9.59 Å². The Hall–Kier alpha value is -3.45. The van der Waals surface area contributed by atoms with Gasteiger partial charge in [-0.3, -0.25) is 9.59 Å². The van der Waals surface area contributed by atoms with Crippen LogP contribution < -0.4 is 10.9 Å². The Morgan fingerprint density at radius 1 is 1.06 bits per heavy atom. The number of benzene rings is 2. The Morgan fingerprint density at radius 3 is 2.54 bits per heavy atom. The SMILES string of the molecule is C[C@@H](C(=O)NCCN1CCC(Cc2ccccc2)CC1)n1c2ccccc2c2cnn(C)c(=O)c21. The van der Waals surface area contributed by atoms with Gasteiger partial charge in [0.2, 0.25) is 5.91 Å². The van der Waals surface area contributed by atoms with Crippen LogP contribution in [0.5, 0.6) is 0 Å². The predicted octanol–water partition coefficient (Wildman–Crippen LogP) is 3.52. The van der Waals surface area contributed by atoms with Crippen LogP contribution in [0.3, 0.4) is 0 Å². The number of hydrogen-bond donors (Lipinski definition) is 1. The van der Waals surface area contributed by atoms with Gasteiger partial charge in [0.1, 0.15) is 11.6 Å². The third-order valence-electron chi connectivity index (χ3n) is 7.37. The molecule has 0 aliphatic carbocycles. The number of carbonyl (C=O) groups excluding carboxylic acids is 1. The number of para-hydroxylation sites is 1. The Kier molecular flexibility index (Phi) is 6.68. The fourth-order valence-corrected chi connectivity index (χ4v) is 5.35. The summed E-state index contributed by atoms with van der Waals surface area (Å²) in [6.07, 6.45) is 5.24. The third-order valence-corrected chi connectivity index (χ3v) is 7.37. The number of amides is 1. The van der Waals surface area contributed by atoms with Crippen LogP contribution in [0.4, 0.5) is 0 Å². The number of aromatic nitrogens is 3. The van der Waals surface area contributed by atoms with Gasteiger partial charge in [-0.2, -0.15) is 5.10 Å². The second-order valence-electron chi connectivity index (χ2n) is 9.66. The Labute approximate surface area is 205 Å². The Morgan fingerprint density at radius 2 is 1.77 bits per heavy atom. The van der Waals surface area contributed by atoms with Crippen LogP contribution in [0, 0.1) is 5.92 Å². The molecule has 4 aromatic rings. The van der Waals surface area contributed by atoms with E-state index in [1.165, 1.54) is 23.1 Å². The fourth-order valence-electron chi connectivity index (χ4n) is 5.35. The van der Waals surface area contributed by atoms with Crippen molar-refractivity contribution in [1.29, 1.82) is 0 Å². The van der Waals surface area contributed by atoms with Gasteiger partial charge >= 0.3 is 0 Å².